The van der Waals surface area contributed by atoms with Crippen molar-refractivity contribution in [3.63, 3.8) is 0 Å². The summed E-state index contributed by atoms with van der Waals surface area (Å²) in [5, 5.41) is 9.44. The standard InChI is InChI=1S/C30H38N6O3S/c1-20(2)40(37,38)28-12-8-6-10-24(28)30(31)23-9-5-7-11-25(23)33-29(35-30)34-26-14-13-22(19-27(26)39-4)36-17-15-21(32-3)16-18-36/h5-14,19-21,32H,15-18,31H2,1-4H3,(H2,33,34,35). The molecule has 5 N–H and O–H groups in total. The van der Waals surface area contributed by atoms with Crippen molar-refractivity contribution in [3.05, 3.63) is 77.9 Å². The highest BCUT2D eigenvalue weighted by molar-refractivity contribution is 7.92. The molecule has 0 radical (unpaired) electrons. The summed E-state index contributed by atoms with van der Waals surface area (Å²) in [5.74, 6) is 1.06. The van der Waals surface area contributed by atoms with Gasteiger partial charge in [-0.05, 0) is 58.0 Å². The maximum Gasteiger partial charge on any atom is 0.202 e. The van der Waals surface area contributed by atoms with Crippen molar-refractivity contribution in [1.29, 1.82) is 0 Å². The lowest BCUT2D eigenvalue weighted by Gasteiger charge is -2.35. The lowest BCUT2D eigenvalue weighted by molar-refractivity contribution is 0.415. The van der Waals surface area contributed by atoms with Gasteiger partial charge in [-0.25, -0.2) is 13.4 Å². The molecule has 1 saturated heterocycles. The van der Waals surface area contributed by atoms with Crippen LogP contribution in [0.3, 0.4) is 0 Å². The first kappa shape index (κ1) is 27.9. The van der Waals surface area contributed by atoms with Gasteiger partial charge in [0, 0.05) is 47.7 Å². The Morgan fingerprint density at radius 1 is 1.05 bits per heavy atom. The Kier molecular flexibility index (Phi) is 7.76. The number of fused-ring (bicyclic) bond motifs is 1. The lowest BCUT2D eigenvalue weighted by atomic mass is 9.90. The molecule has 3 aromatic carbocycles. The van der Waals surface area contributed by atoms with Crippen molar-refractivity contribution in [3.8, 4) is 5.75 Å². The van der Waals surface area contributed by atoms with Crippen LogP contribution in [0.4, 0.5) is 17.1 Å². The van der Waals surface area contributed by atoms with Gasteiger partial charge in [0.25, 0.3) is 0 Å². The molecule has 1 fully saturated rings. The molecule has 0 aromatic heterocycles. The van der Waals surface area contributed by atoms with E-state index in [9.17, 15) is 8.42 Å². The highest BCUT2D eigenvalue weighted by Crippen LogP contribution is 2.40. The first-order valence-electron chi connectivity index (χ1n) is 13.6. The average Bonchev–Trinajstić information content (AvgIpc) is 2.97. The van der Waals surface area contributed by atoms with E-state index in [1.54, 1.807) is 45.2 Å². The van der Waals surface area contributed by atoms with Crippen LogP contribution >= 0.6 is 0 Å². The summed E-state index contributed by atoms with van der Waals surface area (Å²) in [6.45, 7) is 5.28. The van der Waals surface area contributed by atoms with Crippen LogP contribution in [-0.4, -0.2) is 52.9 Å². The monoisotopic (exact) mass is 562 g/mol. The van der Waals surface area contributed by atoms with Crippen LogP contribution in [0, 0.1) is 0 Å². The molecule has 1 atom stereocenters. The van der Waals surface area contributed by atoms with Crippen LogP contribution in [-0.2, 0) is 15.5 Å². The van der Waals surface area contributed by atoms with Gasteiger partial charge < -0.3 is 25.6 Å². The zero-order chi connectivity index (χ0) is 28.5. The summed E-state index contributed by atoms with van der Waals surface area (Å²) in [6.07, 6.45) is 2.18. The molecule has 3 aromatic rings. The number of hydrogen-bond acceptors (Lipinski definition) is 9. The fraction of sp³-hybridized carbons (Fsp3) is 0.367. The molecule has 10 heteroatoms. The summed E-state index contributed by atoms with van der Waals surface area (Å²) in [7, 11) is 0.0340. The number of nitrogens with zero attached hydrogens (tertiary/aromatic N) is 2. The lowest BCUT2D eigenvalue weighted by Crippen LogP contribution is -2.44. The molecule has 0 spiro atoms. The molecule has 0 saturated carbocycles. The number of benzene rings is 3. The van der Waals surface area contributed by atoms with Crippen molar-refractivity contribution in [2.45, 2.75) is 48.5 Å². The number of guanidine groups is 1. The molecule has 40 heavy (non-hydrogen) atoms. The number of rotatable bonds is 7. The van der Waals surface area contributed by atoms with E-state index in [-0.39, 0.29) is 4.90 Å². The largest absolute Gasteiger partial charge is 0.494 e. The third kappa shape index (κ3) is 5.14. The van der Waals surface area contributed by atoms with Crippen LogP contribution in [0.2, 0.25) is 0 Å². The fourth-order valence-corrected chi connectivity index (χ4v) is 6.70. The zero-order valence-corrected chi connectivity index (χ0v) is 24.3. The van der Waals surface area contributed by atoms with E-state index in [0.717, 1.165) is 37.3 Å². The number of piperidine rings is 1. The quantitative estimate of drug-likeness (QED) is 0.339. The minimum atomic E-state index is -3.62. The molecule has 5 rings (SSSR count). The van der Waals surface area contributed by atoms with Gasteiger partial charge in [0.1, 0.15) is 5.75 Å². The van der Waals surface area contributed by atoms with Crippen LogP contribution in [0.5, 0.6) is 5.75 Å². The summed E-state index contributed by atoms with van der Waals surface area (Å²) in [5.41, 5.74) is 9.28. The topological polar surface area (TPSA) is 121 Å². The molecule has 0 bridgehead atoms. The summed E-state index contributed by atoms with van der Waals surface area (Å²) in [6, 6.07) is 21.0. The van der Waals surface area contributed by atoms with Crippen LogP contribution in [0.15, 0.2) is 76.6 Å². The van der Waals surface area contributed by atoms with Gasteiger partial charge in [-0.15, -0.1) is 0 Å². The van der Waals surface area contributed by atoms with E-state index in [1.807, 2.05) is 43.4 Å². The minimum Gasteiger partial charge on any atom is -0.494 e. The Hall–Kier alpha value is -3.60. The average molecular weight is 563 g/mol. The number of ether oxygens (including phenoxy) is 1. The van der Waals surface area contributed by atoms with E-state index in [1.165, 1.54) is 0 Å². The van der Waals surface area contributed by atoms with Gasteiger partial charge in [0.05, 0.1) is 22.9 Å². The van der Waals surface area contributed by atoms with Gasteiger partial charge >= 0.3 is 0 Å². The second-order valence-electron chi connectivity index (χ2n) is 10.5. The van der Waals surface area contributed by atoms with Crippen molar-refractivity contribution in [1.82, 2.24) is 5.32 Å². The third-order valence-corrected chi connectivity index (χ3v) is 10.0. The number of methoxy groups -OCH3 is 1. The molecule has 2 aliphatic rings. The predicted octanol–water partition coefficient (Wildman–Crippen LogP) is 4.12. The van der Waals surface area contributed by atoms with Gasteiger partial charge in [0.2, 0.25) is 5.96 Å². The highest BCUT2D eigenvalue weighted by atomic mass is 32.2. The van der Waals surface area contributed by atoms with E-state index in [2.05, 4.69) is 26.9 Å². The van der Waals surface area contributed by atoms with Crippen molar-refractivity contribution in [2.24, 2.45) is 10.7 Å². The SMILES string of the molecule is CNC1CCN(c2ccc(NC3=NC(N)(c4ccccc4S(=O)(=O)C(C)C)c4ccccc4N3)c(OC)c2)CC1. The van der Waals surface area contributed by atoms with Crippen molar-refractivity contribution >= 4 is 32.9 Å². The van der Waals surface area contributed by atoms with Gasteiger partial charge in [0.15, 0.2) is 15.5 Å². The molecular weight excluding hydrogens is 524 g/mol. The predicted molar refractivity (Wildman–Crippen MR) is 162 cm³/mol. The van der Waals surface area contributed by atoms with Crippen molar-refractivity contribution < 1.29 is 13.2 Å². The van der Waals surface area contributed by atoms with E-state index >= 15 is 0 Å². The molecule has 0 aliphatic carbocycles. The Balaban J connectivity index is 1.52. The van der Waals surface area contributed by atoms with Gasteiger partial charge in [-0.1, -0.05) is 36.4 Å². The smallest absolute Gasteiger partial charge is 0.202 e. The van der Waals surface area contributed by atoms with E-state index in [0.29, 0.717) is 34.6 Å². The maximum atomic E-state index is 13.3. The molecular formula is C30H38N6O3S. The van der Waals surface area contributed by atoms with Gasteiger partial charge in [-0.3, -0.25) is 5.73 Å². The van der Waals surface area contributed by atoms with Crippen LogP contribution < -0.4 is 31.3 Å². The van der Waals surface area contributed by atoms with E-state index in [4.69, 9.17) is 15.5 Å². The molecule has 2 heterocycles. The Morgan fingerprint density at radius 2 is 1.73 bits per heavy atom. The maximum absolute atomic E-state index is 13.3. The number of nitrogens with two attached hydrogens (primary N) is 1. The number of para-hydroxylation sites is 1. The fourth-order valence-electron chi connectivity index (χ4n) is 5.40. The minimum absolute atomic E-state index is 0.177. The number of aliphatic imine (C=N–C) groups is 1. The molecule has 2 aliphatic heterocycles. The summed E-state index contributed by atoms with van der Waals surface area (Å²) >= 11 is 0. The number of sulfone groups is 1. The normalized spacial score (nSPS) is 19.6. The Bertz CT molecular complexity index is 1520. The second-order valence-corrected chi connectivity index (χ2v) is 13.0. The summed E-state index contributed by atoms with van der Waals surface area (Å²) < 4.78 is 32.4. The molecule has 0 amide bonds. The Morgan fingerprint density at radius 3 is 2.40 bits per heavy atom. The second kappa shape index (κ2) is 11.1. The van der Waals surface area contributed by atoms with Crippen LogP contribution in [0.1, 0.15) is 37.8 Å². The Labute approximate surface area is 236 Å². The zero-order valence-electron chi connectivity index (χ0n) is 23.4. The van der Waals surface area contributed by atoms with E-state index < -0.39 is 20.8 Å². The third-order valence-electron chi connectivity index (χ3n) is 7.81. The van der Waals surface area contributed by atoms with Crippen LogP contribution in [0.25, 0.3) is 0 Å². The first-order valence-corrected chi connectivity index (χ1v) is 15.2. The number of hydrogen-bond donors (Lipinski definition) is 4. The highest BCUT2D eigenvalue weighted by Gasteiger charge is 2.40. The van der Waals surface area contributed by atoms with Gasteiger partial charge in [-0.2, -0.15) is 0 Å². The molecule has 9 nitrogen and oxygen atoms in total. The first-order chi connectivity index (χ1) is 19.2. The van der Waals surface area contributed by atoms with Crippen molar-refractivity contribution in [2.75, 3.05) is 42.8 Å². The molecule has 1 unspecified atom stereocenters. The number of nitrogens with one attached hydrogen (secondary N) is 3. The number of anilines is 3. The summed E-state index contributed by atoms with van der Waals surface area (Å²) in [4.78, 5) is 7.44. The molecule has 212 valence electrons.